The Morgan fingerprint density at radius 2 is 2.31 bits per heavy atom. The van der Waals surface area contributed by atoms with Gasteiger partial charge in [0, 0.05) is 12.4 Å². The maximum Gasteiger partial charge on any atom is 0.242 e. The minimum atomic E-state index is -0.164. The predicted molar refractivity (Wildman–Crippen MR) is 60.7 cm³/mol. The third-order valence-electron chi connectivity index (χ3n) is 2.21. The number of nitrogens with one attached hydrogen (secondary N) is 1. The summed E-state index contributed by atoms with van der Waals surface area (Å²) in [4.78, 5) is 11.6. The van der Waals surface area contributed by atoms with Gasteiger partial charge in [-0.05, 0) is 18.4 Å². The first-order valence-electron chi connectivity index (χ1n) is 5.49. The second-order valence-electron chi connectivity index (χ2n) is 4.28. The molecule has 0 aliphatic rings. The number of aromatic nitrogens is 2. The van der Waals surface area contributed by atoms with E-state index in [2.05, 4.69) is 24.3 Å². The van der Waals surface area contributed by atoms with Crippen molar-refractivity contribution in [1.29, 1.82) is 0 Å². The average Bonchev–Trinajstić information content (AvgIpc) is 2.68. The molecule has 0 radical (unpaired) electrons. The highest BCUT2D eigenvalue weighted by molar-refractivity contribution is 5.75. The summed E-state index contributed by atoms with van der Waals surface area (Å²) in [6.45, 7) is 4.29. The molecule has 1 aromatic rings. The molecule has 2 N–H and O–H groups in total. The molecule has 0 saturated carbocycles. The Kier molecular flexibility index (Phi) is 4.98. The van der Waals surface area contributed by atoms with Gasteiger partial charge in [-0.15, -0.1) is 0 Å². The van der Waals surface area contributed by atoms with Gasteiger partial charge in [0.1, 0.15) is 6.54 Å². The Balaban J connectivity index is 2.37. The molecule has 0 bridgehead atoms. The van der Waals surface area contributed by atoms with Crippen LogP contribution in [-0.4, -0.2) is 33.4 Å². The predicted octanol–water partition coefficient (Wildman–Crippen LogP) is 0.406. The van der Waals surface area contributed by atoms with Gasteiger partial charge in [-0.3, -0.25) is 9.48 Å². The molecule has 0 aliphatic carbocycles. The Morgan fingerprint density at radius 3 is 2.81 bits per heavy atom. The zero-order valence-corrected chi connectivity index (χ0v) is 9.76. The molecule has 1 amide bonds. The van der Waals surface area contributed by atoms with Gasteiger partial charge in [0.2, 0.25) is 5.91 Å². The highest BCUT2D eigenvalue weighted by atomic mass is 16.3. The fourth-order valence-electron chi connectivity index (χ4n) is 1.56. The van der Waals surface area contributed by atoms with E-state index in [0.29, 0.717) is 5.92 Å². The molecule has 0 fully saturated rings. The van der Waals surface area contributed by atoms with E-state index in [4.69, 9.17) is 5.11 Å². The molecule has 1 unspecified atom stereocenters. The van der Waals surface area contributed by atoms with Gasteiger partial charge in [0.05, 0.1) is 12.6 Å². The van der Waals surface area contributed by atoms with Gasteiger partial charge >= 0.3 is 0 Å². The van der Waals surface area contributed by atoms with Crippen LogP contribution in [0.5, 0.6) is 0 Å². The summed E-state index contributed by atoms with van der Waals surface area (Å²) in [6.07, 6.45) is 4.14. The van der Waals surface area contributed by atoms with Crippen LogP contribution in [0.2, 0.25) is 0 Å². The van der Waals surface area contributed by atoms with E-state index in [1.807, 2.05) is 0 Å². The molecular formula is C11H19N3O2. The summed E-state index contributed by atoms with van der Waals surface area (Å²) in [6, 6.07) is 1.60. The lowest BCUT2D eigenvalue weighted by Crippen LogP contribution is -2.40. The van der Waals surface area contributed by atoms with Gasteiger partial charge in [0.25, 0.3) is 0 Å². The van der Waals surface area contributed by atoms with E-state index < -0.39 is 0 Å². The van der Waals surface area contributed by atoms with E-state index in [9.17, 15) is 4.79 Å². The number of carbonyl (C=O) groups excluding carboxylic acids is 1. The SMILES string of the molecule is CC(C)CC(CO)NC(=O)Cn1cccn1. The summed E-state index contributed by atoms with van der Waals surface area (Å²) in [5.41, 5.74) is 0. The maximum atomic E-state index is 11.6. The first-order chi connectivity index (χ1) is 7.61. The van der Waals surface area contributed by atoms with Crippen LogP contribution in [0.4, 0.5) is 0 Å². The Morgan fingerprint density at radius 1 is 1.56 bits per heavy atom. The van der Waals surface area contributed by atoms with Crippen LogP contribution >= 0.6 is 0 Å². The summed E-state index contributed by atoms with van der Waals surface area (Å²) in [5, 5.41) is 15.8. The van der Waals surface area contributed by atoms with Crippen molar-refractivity contribution in [1.82, 2.24) is 15.1 Å². The number of nitrogens with zero attached hydrogens (tertiary/aromatic N) is 2. The van der Waals surface area contributed by atoms with Crippen molar-refractivity contribution in [2.24, 2.45) is 5.92 Å². The van der Waals surface area contributed by atoms with Crippen molar-refractivity contribution in [2.45, 2.75) is 32.9 Å². The smallest absolute Gasteiger partial charge is 0.242 e. The first-order valence-corrected chi connectivity index (χ1v) is 5.49. The molecule has 0 saturated heterocycles. The van der Waals surface area contributed by atoms with Crippen molar-refractivity contribution >= 4 is 5.91 Å². The van der Waals surface area contributed by atoms with Gasteiger partial charge in [-0.1, -0.05) is 13.8 Å². The molecule has 5 nitrogen and oxygen atoms in total. The van der Waals surface area contributed by atoms with E-state index in [1.165, 1.54) is 0 Å². The lowest BCUT2D eigenvalue weighted by Gasteiger charge is -2.18. The van der Waals surface area contributed by atoms with Gasteiger partial charge < -0.3 is 10.4 Å². The largest absolute Gasteiger partial charge is 0.394 e. The second kappa shape index (κ2) is 6.27. The first kappa shape index (κ1) is 12.7. The van der Waals surface area contributed by atoms with E-state index >= 15 is 0 Å². The average molecular weight is 225 g/mol. The van der Waals surface area contributed by atoms with Crippen LogP contribution in [0.3, 0.4) is 0 Å². The molecule has 0 aromatic carbocycles. The molecule has 90 valence electrons. The molecule has 0 spiro atoms. The minimum absolute atomic E-state index is 0.0248. The number of hydrogen-bond acceptors (Lipinski definition) is 3. The van der Waals surface area contributed by atoms with Crippen LogP contribution in [-0.2, 0) is 11.3 Å². The number of aliphatic hydroxyl groups excluding tert-OH is 1. The molecule has 16 heavy (non-hydrogen) atoms. The van der Waals surface area contributed by atoms with Crippen LogP contribution in [0.15, 0.2) is 18.5 Å². The second-order valence-corrected chi connectivity index (χ2v) is 4.28. The topological polar surface area (TPSA) is 67.2 Å². The Labute approximate surface area is 95.5 Å². The fraction of sp³-hybridized carbons (Fsp3) is 0.636. The van der Waals surface area contributed by atoms with Crippen LogP contribution in [0.1, 0.15) is 20.3 Å². The highest BCUT2D eigenvalue weighted by Crippen LogP contribution is 2.03. The lowest BCUT2D eigenvalue weighted by molar-refractivity contribution is -0.123. The fourth-order valence-corrected chi connectivity index (χ4v) is 1.56. The molecule has 5 heteroatoms. The number of carbonyl (C=O) groups is 1. The monoisotopic (exact) mass is 225 g/mol. The Bertz CT molecular complexity index is 309. The summed E-state index contributed by atoms with van der Waals surface area (Å²) < 4.78 is 1.55. The summed E-state index contributed by atoms with van der Waals surface area (Å²) >= 11 is 0. The van der Waals surface area contributed by atoms with E-state index in [1.54, 1.807) is 23.1 Å². The Hall–Kier alpha value is -1.36. The zero-order chi connectivity index (χ0) is 12.0. The molecule has 1 heterocycles. The third kappa shape index (κ3) is 4.44. The van der Waals surface area contributed by atoms with Crippen LogP contribution in [0, 0.1) is 5.92 Å². The van der Waals surface area contributed by atoms with Crippen molar-refractivity contribution < 1.29 is 9.90 Å². The van der Waals surface area contributed by atoms with Crippen LogP contribution < -0.4 is 5.32 Å². The van der Waals surface area contributed by atoms with Crippen molar-refractivity contribution in [2.75, 3.05) is 6.61 Å². The quantitative estimate of drug-likeness (QED) is 0.736. The maximum absolute atomic E-state index is 11.6. The van der Waals surface area contributed by atoms with E-state index in [-0.39, 0.29) is 25.1 Å². The molecule has 1 atom stereocenters. The lowest BCUT2D eigenvalue weighted by atomic mass is 10.0. The number of amides is 1. The molecule has 0 aliphatic heterocycles. The molecular weight excluding hydrogens is 206 g/mol. The van der Waals surface area contributed by atoms with Gasteiger partial charge in [-0.2, -0.15) is 5.10 Å². The zero-order valence-electron chi connectivity index (χ0n) is 9.76. The molecule has 1 rings (SSSR count). The summed E-state index contributed by atoms with van der Waals surface area (Å²) in [5.74, 6) is 0.325. The minimum Gasteiger partial charge on any atom is -0.394 e. The normalized spacial score (nSPS) is 12.8. The summed E-state index contributed by atoms with van der Waals surface area (Å²) in [7, 11) is 0. The van der Waals surface area contributed by atoms with Crippen molar-refractivity contribution in [3.8, 4) is 0 Å². The van der Waals surface area contributed by atoms with E-state index in [0.717, 1.165) is 6.42 Å². The number of aliphatic hydroxyl groups is 1. The standard InChI is InChI=1S/C11H19N3O2/c1-9(2)6-10(8-15)13-11(16)7-14-5-3-4-12-14/h3-5,9-10,15H,6-8H2,1-2H3,(H,13,16). The van der Waals surface area contributed by atoms with Gasteiger partial charge in [-0.25, -0.2) is 0 Å². The van der Waals surface area contributed by atoms with Crippen LogP contribution in [0.25, 0.3) is 0 Å². The van der Waals surface area contributed by atoms with Crippen molar-refractivity contribution in [3.05, 3.63) is 18.5 Å². The molecule has 1 aromatic heterocycles. The van der Waals surface area contributed by atoms with Gasteiger partial charge in [0.15, 0.2) is 0 Å². The van der Waals surface area contributed by atoms with Crippen molar-refractivity contribution in [3.63, 3.8) is 0 Å². The number of hydrogen-bond donors (Lipinski definition) is 2. The third-order valence-corrected chi connectivity index (χ3v) is 2.21. The highest BCUT2D eigenvalue weighted by Gasteiger charge is 2.13. The number of rotatable bonds is 6.